The first-order valence-electron chi connectivity index (χ1n) is 10.3. The van der Waals surface area contributed by atoms with E-state index in [9.17, 15) is 27.9 Å². The molecule has 0 aliphatic heterocycles. The molecule has 0 saturated heterocycles. The van der Waals surface area contributed by atoms with Gasteiger partial charge in [-0.3, -0.25) is 14.5 Å². The van der Waals surface area contributed by atoms with E-state index in [0.717, 1.165) is 12.1 Å². The Bertz CT molecular complexity index is 987. The molecule has 0 spiro atoms. The van der Waals surface area contributed by atoms with Gasteiger partial charge in [-0.1, -0.05) is 6.92 Å². The maximum Gasteiger partial charge on any atom is 0.238 e. The SMILES string of the molecule is CCCN(CC(=O)Nc1ccc(F)c(F)c1F)CC(O)COc1ccc(C(C)=O)cc1OC. The summed E-state index contributed by atoms with van der Waals surface area (Å²) in [6.07, 6.45) is -0.317. The number of halogens is 3. The van der Waals surface area contributed by atoms with Crippen molar-refractivity contribution in [3.05, 3.63) is 53.3 Å². The molecule has 0 bridgehead atoms. The summed E-state index contributed by atoms with van der Waals surface area (Å²) >= 11 is 0. The molecular weight excluding hydrogens is 441 g/mol. The molecule has 0 saturated carbocycles. The molecule has 0 radical (unpaired) electrons. The number of carbonyl (C=O) groups excluding carboxylic acids is 2. The van der Waals surface area contributed by atoms with Crippen LogP contribution in [0.5, 0.6) is 11.5 Å². The van der Waals surface area contributed by atoms with Gasteiger partial charge < -0.3 is 19.9 Å². The van der Waals surface area contributed by atoms with E-state index in [1.54, 1.807) is 17.0 Å². The molecule has 33 heavy (non-hydrogen) atoms. The van der Waals surface area contributed by atoms with Crippen molar-refractivity contribution in [1.82, 2.24) is 4.90 Å². The first-order valence-corrected chi connectivity index (χ1v) is 10.3. The van der Waals surface area contributed by atoms with Crippen LogP contribution in [0.15, 0.2) is 30.3 Å². The second-order valence-corrected chi connectivity index (χ2v) is 7.39. The maximum absolute atomic E-state index is 13.8. The molecule has 2 aromatic carbocycles. The average molecular weight is 468 g/mol. The number of hydrogen-bond acceptors (Lipinski definition) is 6. The summed E-state index contributed by atoms with van der Waals surface area (Å²) in [5, 5.41) is 12.6. The third-order valence-electron chi connectivity index (χ3n) is 4.69. The van der Waals surface area contributed by atoms with Crippen LogP contribution in [0.4, 0.5) is 18.9 Å². The van der Waals surface area contributed by atoms with Gasteiger partial charge in [-0.15, -0.1) is 0 Å². The fourth-order valence-corrected chi connectivity index (χ4v) is 3.11. The quantitative estimate of drug-likeness (QED) is 0.367. The summed E-state index contributed by atoms with van der Waals surface area (Å²) in [7, 11) is 1.43. The van der Waals surface area contributed by atoms with Gasteiger partial charge >= 0.3 is 0 Å². The monoisotopic (exact) mass is 468 g/mol. The van der Waals surface area contributed by atoms with E-state index in [1.807, 2.05) is 6.92 Å². The third kappa shape index (κ3) is 7.47. The predicted molar refractivity (Wildman–Crippen MR) is 116 cm³/mol. The van der Waals surface area contributed by atoms with Crippen molar-refractivity contribution in [2.45, 2.75) is 26.4 Å². The zero-order valence-electron chi connectivity index (χ0n) is 18.7. The number of aliphatic hydroxyl groups is 1. The molecule has 0 fully saturated rings. The van der Waals surface area contributed by atoms with Crippen molar-refractivity contribution >= 4 is 17.4 Å². The van der Waals surface area contributed by atoms with E-state index in [0.29, 0.717) is 30.0 Å². The van der Waals surface area contributed by atoms with Crippen LogP contribution in [-0.2, 0) is 4.79 Å². The number of hydrogen-bond donors (Lipinski definition) is 2. The standard InChI is InChI=1S/C23H27F3N2O5/c1-4-9-28(12-21(31)27-18-7-6-17(24)22(25)23(18)26)11-16(30)13-33-19-8-5-15(14(2)29)10-20(19)32-3/h5-8,10,16,30H,4,9,11-13H2,1-3H3,(H,27,31). The lowest BCUT2D eigenvalue weighted by Crippen LogP contribution is -2.40. The average Bonchev–Trinajstić information content (AvgIpc) is 2.78. The number of benzene rings is 2. The molecule has 0 aliphatic rings. The van der Waals surface area contributed by atoms with E-state index in [4.69, 9.17) is 9.47 Å². The fourth-order valence-electron chi connectivity index (χ4n) is 3.11. The summed E-state index contributed by atoms with van der Waals surface area (Å²) in [5.41, 5.74) is -0.0160. The number of nitrogens with zero attached hydrogens (tertiary/aromatic N) is 1. The minimum atomic E-state index is -1.67. The molecule has 2 aromatic rings. The zero-order valence-corrected chi connectivity index (χ0v) is 18.7. The molecule has 2 N–H and O–H groups in total. The van der Waals surface area contributed by atoms with Crippen LogP contribution >= 0.6 is 0 Å². The lowest BCUT2D eigenvalue weighted by Gasteiger charge is -2.24. The van der Waals surface area contributed by atoms with Gasteiger partial charge in [-0.2, -0.15) is 0 Å². The van der Waals surface area contributed by atoms with Crippen LogP contribution in [0.25, 0.3) is 0 Å². The molecule has 2 rings (SSSR count). The van der Waals surface area contributed by atoms with Crippen LogP contribution in [0, 0.1) is 17.5 Å². The largest absolute Gasteiger partial charge is 0.493 e. The number of amides is 1. The predicted octanol–water partition coefficient (Wildman–Crippen LogP) is 3.41. The van der Waals surface area contributed by atoms with Crippen molar-refractivity contribution in [2.75, 3.05) is 38.7 Å². The Kier molecular flexibility index (Phi) is 9.68. The number of rotatable bonds is 12. The second kappa shape index (κ2) is 12.2. The molecule has 10 heteroatoms. The van der Waals surface area contributed by atoms with Crippen molar-refractivity contribution in [1.29, 1.82) is 0 Å². The third-order valence-corrected chi connectivity index (χ3v) is 4.69. The Morgan fingerprint density at radius 3 is 2.48 bits per heavy atom. The van der Waals surface area contributed by atoms with Gasteiger partial charge in [0.05, 0.1) is 19.3 Å². The first kappa shape index (κ1) is 26.1. The topological polar surface area (TPSA) is 88.1 Å². The van der Waals surface area contributed by atoms with Gasteiger partial charge in [0.1, 0.15) is 12.7 Å². The number of aliphatic hydroxyl groups excluding tert-OH is 1. The van der Waals surface area contributed by atoms with Gasteiger partial charge in [-0.05, 0) is 50.2 Å². The van der Waals surface area contributed by atoms with Crippen molar-refractivity contribution in [2.24, 2.45) is 0 Å². The minimum Gasteiger partial charge on any atom is -0.493 e. The molecule has 1 amide bonds. The Labute approximate surface area is 190 Å². The van der Waals surface area contributed by atoms with E-state index in [-0.39, 0.29) is 25.5 Å². The summed E-state index contributed by atoms with van der Waals surface area (Å²) in [6, 6.07) is 6.34. The molecule has 1 unspecified atom stereocenters. The fraction of sp³-hybridized carbons (Fsp3) is 0.391. The summed E-state index contributed by atoms with van der Waals surface area (Å²) in [6.45, 7) is 3.49. The highest BCUT2D eigenvalue weighted by Gasteiger charge is 2.19. The summed E-state index contributed by atoms with van der Waals surface area (Å²) in [4.78, 5) is 25.4. The maximum atomic E-state index is 13.8. The van der Waals surface area contributed by atoms with E-state index < -0.39 is 35.2 Å². The highest BCUT2D eigenvalue weighted by Crippen LogP contribution is 2.28. The van der Waals surface area contributed by atoms with Crippen molar-refractivity contribution < 1.29 is 37.3 Å². The Hall–Kier alpha value is -3.11. The molecule has 1 atom stereocenters. The van der Waals surface area contributed by atoms with E-state index >= 15 is 0 Å². The smallest absolute Gasteiger partial charge is 0.238 e. The molecule has 0 aromatic heterocycles. The second-order valence-electron chi connectivity index (χ2n) is 7.39. The van der Waals surface area contributed by atoms with Gasteiger partial charge in [0.15, 0.2) is 34.7 Å². The summed E-state index contributed by atoms with van der Waals surface area (Å²) in [5.74, 6) is -4.60. The van der Waals surface area contributed by atoms with E-state index in [2.05, 4.69) is 5.32 Å². The zero-order chi connectivity index (χ0) is 24.5. The summed E-state index contributed by atoms with van der Waals surface area (Å²) < 4.78 is 51.0. The molecule has 180 valence electrons. The number of ether oxygens (including phenoxy) is 2. The number of methoxy groups -OCH3 is 1. The van der Waals surface area contributed by atoms with Crippen molar-refractivity contribution in [3.8, 4) is 11.5 Å². The molecule has 0 heterocycles. The number of nitrogens with one attached hydrogen (secondary N) is 1. The molecule has 0 aliphatic carbocycles. The number of Topliss-reactive ketones (excluding diaryl/α,β-unsaturated/α-hetero) is 1. The van der Waals surface area contributed by atoms with Crippen LogP contribution in [0.3, 0.4) is 0 Å². The highest BCUT2D eigenvalue weighted by atomic mass is 19.2. The number of ketones is 1. The van der Waals surface area contributed by atoms with Gasteiger partial charge in [0.25, 0.3) is 0 Å². The number of carbonyl (C=O) groups is 2. The first-order chi connectivity index (χ1) is 15.7. The van der Waals surface area contributed by atoms with Crippen LogP contribution in [0.1, 0.15) is 30.6 Å². The number of anilines is 1. The lowest BCUT2D eigenvalue weighted by molar-refractivity contribution is -0.117. The van der Waals surface area contributed by atoms with Crippen LogP contribution in [0.2, 0.25) is 0 Å². The van der Waals surface area contributed by atoms with Crippen LogP contribution in [-0.4, -0.2) is 61.2 Å². The Morgan fingerprint density at radius 1 is 1.12 bits per heavy atom. The highest BCUT2D eigenvalue weighted by molar-refractivity contribution is 5.94. The molecular formula is C23H27F3N2O5. The van der Waals surface area contributed by atoms with Gasteiger partial charge in [0.2, 0.25) is 5.91 Å². The lowest BCUT2D eigenvalue weighted by atomic mass is 10.1. The Morgan fingerprint density at radius 2 is 1.85 bits per heavy atom. The molecule has 7 nitrogen and oxygen atoms in total. The van der Waals surface area contributed by atoms with Gasteiger partial charge in [0, 0.05) is 12.1 Å². The Balaban J connectivity index is 1.95. The van der Waals surface area contributed by atoms with Crippen molar-refractivity contribution in [3.63, 3.8) is 0 Å². The van der Waals surface area contributed by atoms with Gasteiger partial charge in [-0.25, -0.2) is 13.2 Å². The van der Waals surface area contributed by atoms with Crippen LogP contribution < -0.4 is 14.8 Å². The van der Waals surface area contributed by atoms with E-state index in [1.165, 1.54) is 20.1 Å². The minimum absolute atomic E-state index is 0.0648. The normalized spacial score (nSPS) is 11.9.